The summed E-state index contributed by atoms with van der Waals surface area (Å²) in [7, 11) is 0. The summed E-state index contributed by atoms with van der Waals surface area (Å²) in [6.07, 6.45) is 2.94. The molecule has 128 valence electrons. The van der Waals surface area contributed by atoms with Crippen LogP contribution in [-0.2, 0) is 4.79 Å². The van der Waals surface area contributed by atoms with E-state index in [9.17, 15) is 9.90 Å². The van der Waals surface area contributed by atoms with Crippen LogP contribution in [0.15, 0.2) is 22.6 Å². The quantitative estimate of drug-likeness (QED) is 0.871. The molecule has 6 nitrogen and oxygen atoms in total. The van der Waals surface area contributed by atoms with Crippen LogP contribution in [0, 0.1) is 5.92 Å². The minimum absolute atomic E-state index is 0.0178. The third-order valence-electron chi connectivity index (χ3n) is 4.29. The summed E-state index contributed by atoms with van der Waals surface area (Å²) in [4.78, 5) is 11.2. The van der Waals surface area contributed by atoms with Crippen molar-refractivity contribution in [2.24, 2.45) is 5.92 Å². The van der Waals surface area contributed by atoms with Gasteiger partial charge in [-0.05, 0) is 44.4 Å². The van der Waals surface area contributed by atoms with E-state index in [1.165, 1.54) is 0 Å². The van der Waals surface area contributed by atoms with Gasteiger partial charge in [0, 0.05) is 10.9 Å². The van der Waals surface area contributed by atoms with Crippen LogP contribution in [0.1, 0.15) is 44.4 Å². The number of rotatable bonds is 5. The van der Waals surface area contributed by atoms with E-state index >= 15 is 0 Å². The van der Waals surface area contributed by atoms with Crippen molar-refractivity contribution in [3.8, 4) is 17.2 Å². The van der Waals surface area contributed by atoms with Crippen molar-refractivity contribution < 1.29 is 19.1 Å². The molecule has 24 heavy (non-hydrogen) atoms. The zero-order valence-electron chi connectivity index (χ0n) is 13.4. The smallest absolute Gasteiger partial charge is 0.306 e. The van der Waals surface area contributed by atoms with Gasteiger partial charge in [-0.25, -0.2) is 0 Å². The summed E-state index contributed by atoms with van der Waals surface area (Å²) in [5.41, 5.74) is 0.647. The van der Waals surface area contributed by atoms with Crippen LogP contribution in [-0.4, -0.2) is 27.9 Å². The number of ether oxygens (including phenoxy) is 1. The number of nitrogens with zero attached hydrogens (tertiary/aromatic N) is 2. The van der Waals surface area contributed by atoms with Gasteiger partial charge in [-0.15, -0.1) is 10.2 Å². The first-order valence-corrected chi connectivity index (χ1v) is 8.45. The first kappa shape index (κ1) is 16.8. The molecule has 1 fully saturated rings. The highest BCUT2D eigenvalue weighted by Crippen LogP contribution is 2.38. The number of benzene rings is 1. The fourth-order valence-corrected chi connectivity index (χ4v) is 3.27. The number of hydrogen-bond acceptors (Lipinski definition) is 5. The van der Waals surface area contributed by atoms with E-state index in [0.717, 1.165) is 12.8 Å². The molecule has 3 rings (SSSR count). The Bertz CT molecular complexity index is 731. The van der Waals surface area contributed by atoms with Crippen molar-refractivity contribution >= 4 is 17.6 Å². The van der Waals surface area contributed by atoms with Crippen molar-refractivity contribution in [1.82, 2.24) is 10.2 Å². The van der Waals surface area contributed by atoms with Gasteiger partial charge in [0.1, 0.15) is 5.75 Å². The minimum Gasteiger partial charge on any atom is -0.493 e. The second-order valence-corrected chi connectivity index (χ2v) is 6.35. The topological polar surface area (TPSA) is 85.5 Å². The van der Waals surface area contributed by atoms with Crippen molar-refractivity contribution in [2.45, 2.75) is 38.5 Å². The van der Waals surface area contributed by atoms with Crippen LogP contribution < -0.4 is 4.74 Å². The second kappa shape index (κ2) is 7.21. The first-order chi connectivity index (χ1) is 11.6. The number of carboxylic acid groups (broad SMARTS) is 1. The molecule has 0 radical (unpaired) electrons. The largest absolute Gasteiger partial charge is 0.493 e. The lowest BCUT2D eigenvalue weighted by Gasteiger charge is -2.23. The zero-order valence-corrected chi connectivity index (χ0v) is 14.1. The number of aromatic nitrogens is 2. The molecule has 0 spiro atoms. The maximum Gasteiger partial charge on any atom is 0.306 e. The fraction of sp³-hybridized carbons (Fsp3) is 0.471. The predicted molar refractivity (Wildman–Crippen MR) is 88.2 cm³/mol. The molecule has 1 aromatic carbocycles. The molecule has 1 aromatic heterocycles. The van der Waals surface area contributed by atoms with Gasteiger partial charge in [0.05, 0.1) is 18.1 Å². The molecular formula is C17H19ClN2O4. The van der Waals surface area contributed by atoms with Gasteiger partial charge in [-0.1, -0.05) is 18.0 Å². The molecule has 1 saturated carbocycles. The SMILES string of the molecule is CCOc1ccc(Cl)cc1-c1nnc([C@H]2CCC[C@@H](C(=O)O)C2)o1. The highest BCUT2D eigenvalue weighted by atomic mass is 35.5. The van der Waals surface area contributed by atoms with E-state index < -0.39 is 5.97 Å². The first-order valence-electron chi connectivity index (χ1n) is 8.07. The highest BCUT2D eigenvalue weighted by molar-refractivity contribution is 6.30. The maximum atomic E-state index is 11.2. The van der Waals surface area contributed by atoms with E-state index in [4.69, 9.17) is 20.8 Å². The number of aliphatic carboxylic acids is 1. The van der Waals surface area contributed by atoms with Gasteiger partial charge in [0.15, 0.2) is 0 Å². The monoisotopic (exact) mass is 350 g/mol. The normalized spacial score (nSPS) is 20.8. The summed E-state index contributed by atoms with van der Waals surface area (Å²) in [6.45, 7) is 2.41. The Kier molecular flexibility index (Phi) is 5.04. The predicted octanol–water partition coefficient (Wildman–Crippen LogP) is 4.15. The fourth-order valence-electron chi connectivity index (χ4n) is 3.10. The molecule has 2 atom stereocenters. The molecule has 0 amide bonds. The van der Waals surface area contributed by atoms with E-state index in [2.05, 4.69) is 10.2 Å². The van der Waals surface area contributed by atoms with Crippen LogP contribution in [0.2, 0.25) is 5.02 Å². The lowest BCUT2D eigenvalue weighted by molar-refractivity contribution is -0.143. The molecular weight excluding hydrogens is 332 g/mol. The van der Waals surface area contributed by atoms with E-state index in [1.54, 1.807) is 18.2 Å². The molecule has 0 unspecified atom stereocenters. The molecule has 1 aliphatic rings. The Hall–Kier alpha value is -2.08. The van der Waals surface area contributed by atoms with Crippen LogP contribution >= 0.6 is 11.6 Å². The molecule has 7 heteroatoms. The Balaban J connectivity index is 1.86. The Morgan fingerprint density at radius 2 is 2.25 bits per heavy atom. The van der Waals surface area contributed by atoms with Crippen LogP contribution in [0.4, 0.5) is 0 Å². The Morgan fingerprint density at radius 1 is 1.42 bits per heavy atom. The van der Waals surface area contributed by atoms with Crippen LogP contribution in [0.25, 0.3) is 11.5 Å². The molecule has 0 saturated heterocycles. The highest BCUT2D eigenvalue weighted by Gasteiger charge is 2.31. The standard InChI is InChI=1S/C17H19ClN2O4/c1-2-23-14-7-6-12(18)9-13(14)16-20-19-15(24-16)10-4-3-5-11(8-10)17(21)22/h6-7,9-11H,2-5,8H2,1H3,(H,21,22)/t10-,11+/m0/s1. The third-order valence-corrected chi connectivity index (χ3v) is 4.52. The Labute approximate surface area is 144 Å². The molecule has 1 heterocycles. The molecule has 2 aromatic rings. The van der Waals surface area contributed by atoms with Crippen molar-refractivity contribution in [3.63, 3.8) is 0 Å². The van der Waals surface area contributed by atoms with Gasteiger partial charge < -0.3 is 14.3 Å². The number of carboxylic acids is 1. The van der Waals surface area contributed by atoms with Gasteiger partial charge in [0.25, 0.3) is 5.89 Å². The number of carbonyl (C=O) groups is 1. The van der Waals surface area contributed by atoms with Gasteiger partial charge >= 0.3 is 5.97 Å². The molecule has 1 N–H and O–H groups in total. The summed E-state index contributed by atoms with van der Waals surface area (Å²) in [5, 5.41) is 18.0. The van der Waals surface area contributed by atoms with Crippen molar-refractivity contribution in [1.29, 1.82) is 0 Å². The maximum absolute atomic E-state index is 11.2. The molecule has 0 bridgehead atoms. The lowest BCUT2D eigenvalue weighted by Crippen LogP contribution is -2.21. The van der Waals surface area contributed by atoms with Gasteiger partial charge in [-0.3, -0.25) is 4.79 Å². The number of halogens is 1. The lowest BCUT2D eigenvalue weighted by atomic mass is 9.81. The van der Waals surface area contributed by atoms with Gasteiger partial charge in [0.2, 0.25) is 5.89 Å². The summed E-state index contributed by atoms with van der Waals surface area (Å²) < 4.78 is 11.4. The summed E-state index contributed by atoms with van der Waals surface area (Å²) in [5.74, 6) is 0.337. The second-order valence-electron chi connectivity index (χ2n) is 5.92. The van der Waals surface area contributed by atoms with Crippen LogP contribution in [0.5, 0.6) is 5.75 Å². The van der Waals surface area contributed by atoms with E-state index in [1.807, 2.05) is 6.92 Å². The summed E-state index contributed by atoms with van der Waals surface area (Å²) >= 11 is 6.07. The molecule has 0 aliphatic heterocycles. The molecule has 1 aliphatic carbocycles. The van der Waals surface area contributed by atoms with Crippen molar-refractivity contribution in [2.75, 3.05) is 6.61 Å². The van der Waals surface area contributed by atoms with E-state index in [-0.39, 0.29) is 11.8 Å². The minimum atomic E-state index is -0.757. The Morgan fingerprint density at radius 3 is 3.00 bits per heavy atom. The van der Waals surface area contributed by atoms with Gasteiger partial charge in [-0.2, -0.15) is 0 Å². The zero-order chi connectivity index (χ0) is 17.1. The van der Waals surface area contributed by atoms with Crippen LogP contribution in [0.3, 0.4) is 0 Å². The average molecular weight is 351 g/mol. The average Bonchev–Trinajstić information content (AvgIpc) is 3.06. The third kappa shape index (κ3) is 3.53. The summed E-state index contributed by atoms with van der Waals surface area (Å²) in [6, 6.07) is 5.24. The number of hydrogen-bond donors (Lipinski definition) is 1. The van der Waals surface area contributed by atoms with E-state index in [0.29, 0.717) is 47.6 Å². The van der Waals surface area contributed by atoms with Crippen molar-refractivity contribution in [3.05, 3.63) is 29.1 Å².